The highest BCUT2D eigenvalue weighted by Gasteiger charge is 2.56. The molecule has 2 N–H and O–H groups in total. The quantitative estimate of drug-likeness (QED) is 0.553. The number of alkyl halides is 3. The van der Waals surface area contributed by atoms with Crippen LogP contribution in [-0.4, -0.2) is 21.9 Å². The fraction of sp³-hybridized carbons (Fsp3) is 0.391. The minimum atomic E-state index is -4.75. The lowest BCUT2D eigenvalue weighted by Gasteiger charge is -2.39. The highest BCUT2D eigenvalue weighted by atomic mass is 19.4. The Labute approximate surface area is 163 Å². The molecule has 0 bridgehead atoms. The average molecular weight is 389 g/mol. The number of aromatic nitrogens is 1. The van der Waals surface area contributed by atoms with Crippen LogP contribution in [0.15, 0.2) is 48.5 Å². The smallest absolute Gasteiger partial charge is 0.380 e. The SMILES string of the molecule is Cc1cccc(C)c1C(C)(C)CC(O)(Cc1cc2ccccc2[nH]1)C(F)(F)F. The first-order chi connectivity index (χ1) is 12.9. The molecule has 0 saturated heterocycles. The van der Waals surface area contributed by atoms with Crippen LogP contribution in [0.2, 0.25) is 0 Å². The molecule has 150 valence electrons. The van der Waals surface area contributed by atoms with Gasteiger partial charge in [-0.05, 0) is 59.9 Å². The number of nitrogens with one attached hydrogen (secondary N) is 1. The number of para-hydroxylation sites is 1. The van der Waals surface area contributed by atoms with Crippen LogP contribution in [0.3, 0.4) is 0 Å². The summed E-state index contributed by atoms with van der Waals surface area (Å²) in [6.07, 6.45) is -5.69. The highest BCUT2D eigenvalue weighted by Crippen LogP contribution is 2.44. The lowest BCUT2D eigenvalue weighted by Crippen LogP contribution is -2.51. The first kappa shape index (κ1) is 20.5. The molecular weight excluding hydrogens is 363 g/mol. The number of hydrogen-bond acceptors (Lipinski definition) is 1. The van der Waals surface area contributed by atoms with Gasteiger partial charge in [-0.2, -0.15) is 13.2 Å². The van der Waals surface area contributed by atoms with Crippen LogP contribution in [0.25, 0.3) is 10.9 Å². The molecule has 1 heterocycles. The fourth-order valence-electron chi connectivity index (χ4n) is 4.51. The van der Waals surface area contributed by atoms with Gasteiger partial charge in [-0.3, -0.25) is 0 Å². The first-order valence-electron chi connectivity index (χ1n) is 9.35. The Morgan fingerprint density at radius 2 is 1.54 bits per heavy atom. The lowest BCUT2D eigenvalue weighted by atomic mass is 9.71. The third-order valence-corrected chi connectivity index (χ3v) is 5.49. The van der Waals surface area contributed by atoms with Gasteiger partial charge in [0.2, 0.25) is 0 Å². The van der Waals surface area contributed by atoms with E-state index in [2.05, 4.69) is 4.98 Å². The monoisotopic (exact) mass is 389 g/mol. The van der Waals surface area contributed by atoms with Crippen molar-refractivity contribution in [2.75, 3.05) is 0 Å². The maximum Gasteiger partial charge on any atom is 0.417 e. The van der Waals surface area contributed by atoms with Gasteiger partial charge in [0.1, 0.15) is 0 Å². The van der Waals surface area contributed by atoms with Crippen LogP contribution in [-0.2, 0) is 11.8 Å². The van der Waals surface area contributed by atoms with Crippen molar-refractivity contribution in [3.8, 4) is 0 Å². The van der Waals surface area contributed by atoms with Gasteiger partial charge in [-0.25, -0.2) is 0 Å². The molecule has 1 unspecified atom stereocenters. The molecule has 28 heavy (non-hydrogen) atoms. The van der Waals surface area contributed by atoms with Gasteiger partial charge in [-0.1, -0.05) is 50.2 Å². The van der Waals surface area contributed by atoms with Crippen molar-refractivity contribution in [1.82, 2.24) is 4.98 Å². The Morgan fingerprint density at radius 3 is 2.11 bits per heavy atom. The largest absolute Gasteiger partial charge is 0.417 e. The van der Waals surface area contributed by atoms with E-state index in [4.69, 9.17) is 0 Å². The minimum Gasteiger partial charge on any atom is -0.380 e. The van der Waals surface area contributed by atoms with Gasteiger partial charge in [0.15, 0.2) is 5.60 Å². The Morgan fingerprint density at radius 1 is 0.929 bits per heavy atom. The van der Waals surface area contributed by atoms with Gasteiger partial charge >= 0.3 is 6.18 Å². The average Bonchev–Trinajstić information content (AvgIpc) is 2.94. The molecule has 2 aromatic carbocycles. The van der Waals surface area contributed by atoms with E-state index >= 15 is 0 Å². The normalized spacial score (nSPS) is 15.0. The topological polar surface area (TPSA) is 36.0 Å². The second-order valence-corrected chi connectivity index (χ2v) is 8.42. The van der Waals surface area contributed by atoms with Gasteiger partial charge in [0.05, 0.1) is 0 Å². The summed E-state index contributed by atoms with van der Waals surface area (Å²) in [6.45, 7) is 7.33. The third-order valence-electron chi connectivity index (χ3n) is 5.49. The molecule has 1 atom stereocenters. The van der Waals surface area contributed by atoms with E-state index in [0.29, 0.717) is 5.69 Å². The van der Waals surface area contributed by atoms with Crippen LogP contribution in [0.5, 0.6) is 0 Å². The Balaban J connectivity index is 1.99. The van der Waals surface area contributed by atoms with Crippen LogP contribution in [0.4, 0.5) is 13.2 Å². The molecule has 5 heteroatoms. The van der Waals surface area contributed by atoms with Crippen LogP contribution in [0, 0.1) is 13.8 Å². The second kappa shape index (κ2) is 6.96. The number of halogens is 3. The van der Waals surface area contributed by atoms with Gasteiger partial charge in [0.25, 0.3) is 0 Å². The zero-order valence-corrected chi connectivity index (χ0v) is 16.6. The van der Waals surface area contributed by atoms with Crippen molar-refractivity contribution in [2.45, 2.75) is 57.7 Å². The molecule has 0 aliphatic rings. The minimum absolute atomic E-state index is 0.373. The van der Waals surface area contributed by atoms with Crippen LogP contribution >= 0.6 is 0 Å². The molecule has 2 nitrogen and oxygen atoms in total. The summed E-state index contributed by atoms with van der Waals surface area (Å²) >= 11 is 0. The fourth-order valence-corrected chi connectivity index (χ4v) is 4.51. The molecule has 0 radical (unpaired) electrons. The lowest BCUT2D eigenvalue weighted by molar-refractivity contribution is -0.266. The number of fused-ring (bicyclic) bond motifs is 1. The summed E-state index contributed by atoms with van der Waals surface area (Å²) in [4.78, 5) is 3.01. The Kier molecular flexibility index (Phi) is 5.09. The number of aliphatic hydroxyl groups is 1. The summed E-state index contributed by atoms with van der Waals surface area (Å²) < 4.78 is 42.1. The molecule has 3 rings (SSSR count). The number of rotatable bonds is 5. The van der Waals surface area contributed by atoms with Crippen molar-refractivity contribution < 1.29 is 18.3 Å². The highest BCUT2D eigenvalue weighted by molar-refractivity contribution is 5.80. The molecule has 0 saturated carbocycles. The summed E-state index contributed by atoms with van der Waals surface area (Å²) in [6, 6.07) is 14.7. The summed E-state index contributed by atoms with van der Waals surface area (Å²) in [5.41, 5.74) is 0.154. The molecule has 1 aromatic heterocycles. The van der Waals surface area contributed by atoms with E-state index in [-0.39, 0.29) is 0 Å². The zero-order valence-electron chi connectivity index (χ0n) is 16.6. The first-order valence-corrected chi connectivity index (χ1v) is 9.35. The molecule has 0 amide bonds. The second-order valence-electron chi connectivity index (χ2n) is 8.42. The number of aromatic amines is 1. The number of benzene rings is 2. The summed E-state index contributed by atoms with van der Waals surface area (Å²) in [5, 5.41) is 11.7. The maximum atomic E-state index is 14.0. The van der Waals surface area contributed by atoms with E-state index in [1.165, 1.54) is 0 Å². The van der Waals surface area contributed by atoms with Crippen LogP contribution < -0.4 is 0 Å². The maximum absolute atomic E-state index is 14.0. The van der Waals surface area contributed by atoms with Crippen molar-refractivity contribution in [1.29, 1.82) is 0 Å². The predicted molar refractivity (Wildman–Crippen MR) is 107 cm³/mol. The van der Waals surface area contributed by atoms with Gasteiger partial charge < -0.3 is 10.1 Å². The van der Waals surface area contributed by atoms with E-state index < -0.39 is 30.0 Å². The van der Waals surface area contributed by atoms with E-state index in [9.17, 15) is 18.3 Å². The van der Waals surface area contributed by atoms with Crippen LogP contribution in [0.1, 0.15) is 42.7 Å². The summed E-state index contributed by atoms with van der Waals surface area (Å²) in [5.74, 6) is 0. The van der Waals surface area contributed by atoms with Gasteiger partial charge in [0, 0.05) is 17.6 Å². The number of hydrogen-bond donors (Lipinski definition) is 2. The Hall–Kier alpha value is -2.27. The molecule has 0 spiro atoms. The Bertz CT molecular complexity index is 934. The van der Waals surface area contributed by atoms with Crippen molar-refractivity contribution in [2.24, 2.45) is 0 Å². The molecule has 3 aromatic rings. The molecule has 0 aliphatic heterocycles. The zero-order chi connectivity index (χ0) is 20.7. The van der Waals surface area contributed by atoms with E-state index in [0.717, 1.165) is 27.6 Å². The molecule has 0 fully saturated rings. The number of aryl methyl sites for hydroxylation is 2. The molecular formula is C23H26F3NO. The van der Waals surface area contributed by atoms with Crippen molar-refractivity contribution in [3.63, 3.8) is 0 Å². The van der Waals surface area contributed by atoms with Gasteiger partial charge in [-0.15, -0.1) is 0 Å². The summed E-state index contributed by atoms with van der Waals surface area (Å²) in [7, 11) is 0. The third kappa shape index (κ3) is 3.81. The standard InChI is InChI=1S/C23H26F3NO/c1-15-8-7-9-16(2)20(15)21(3,4)14-22(28,23(24,25)26)13-18-12-17-10-5-6-11-19(17)27-18/h5-12,27-28H,13-14H2,1-4H3. The predicted octanol–water partition coefficient (Wildman–Crippen LogP) is 5.99. The number of H-pyrrole nitrogens is 1. The van der Waals surface area contributed by atoms with Crippen molar-refractivity contribution >= 4 is 10.9 Å². The molecule has 0 aliphatic carbocycles. The van der Waals surface area contributed by atoms with E-state index in [1.54, 1.807) is 19.9 Å². The van der Waals surface area contributed by atoms with E-state index in [1.807, 2.05) is 56.3 Å². The van der Waals surface area contributed by atoms with Crippen molar-refractivity contribution in [3.05, 3.63) is 70.9 Å².